The van der Waals surface area contributed by atoms with Crippen molar-refractivity contribution in [2.75, 3.05) is 6.61 Å². The van der Waals surface area contributed by atoms with Gasteiger partial charge < -0.3 is 9.57 Å². The van der Waals surface area contributed by atoms with Crippen LogP contribution in [0.25, 0.3) is 0 Å². The number of nitrogens with zero attached hydrogens (tertiary/aromatic N) is 1. The summed E-state index contributed by atoms with van der Waals surface area (Å²) >= 11 is 0. The van der Waals surface area contributed by atoms with Gasteiger partial charge in [-0.15, -0.1) is 0 Å². The van der Waals surface area contributed by atoms with Crippen LogP contribution in [0.5, 0.6) is 0 Å². The van der Waals surface area contributed by atoms with Crippen LogP contribution < -0.4 is 0 Å². The average Bonchev–Trinajstić information content (AvgIpc) is 2.71. The highest BCUT2D eigenvalue weighted by Crippen LogP contribution is 2.33. The third-order valence-corrected chi connectivity index (χ3v) is 4.00. The summed E-state index contributed by atoms with van der Waals surface area (Å²) in [7, 11) is 0. The predicted molar refractivity (Wildman–Crippen MR) is 75.8 cm³/mol. The molecule has 3 rings (SSSR count). The van der Waals surface area contributed by atoms with Crippen LogP contribution in [0.2, 0.25) is 0 Å². The van der Waals surface area contributed by atoms with E-state index in [1.807, 2.05) is 6.92 Å². The molecule has 0 atom stereocenters. The van der Waals surface area contributed by atoms with Crippen LogP contribution in [0.3, 0.4) is 0 Å². The van der Waals surface area contributed by atoms with Gasteiger partial charge in [-0.3, -0.25) is 9.59 Å². The van der Waals surface area contributed by atoms with Crippen LogP contribution in [-0.4, -0.2) is 35.6 Å². The molecule has 1 saturated carbocycles. The van der Waals surface area contributed by atoms with Crippen LogP contribution in [0.1, 0.15) is 46.9 Å². The number of hydrogen-bond acceptors (Lipinski definition) is 5. The molecule has 1 aliphatic heterocycles. The average molecular weight is 303 g/mol. The summed E-state index contributed by atoms with van der Waals surface area (Å²) < 4.78 is 5.43. The normalized spacial score (nSPS) is 23.2. The first kappa shape index (κ1) is 14.7. The molecule has 1 aromatic carbocycles. The fraction of sp³-hybridized carbons (Fsp3) is 0.438. The molecule has 22 heavy (non-hydrogen) atoms. The summed E-state index contributed by atoms with van der Waals surface area (Å²) in [6.07, 6.45) is 2.02. The van der Waals surface area contributed by atoms with Crippen molar-refractivity contribution in [3.05, 3.63) is 35.4 Å². The van der Waals surface area contributed by atoms with E-state index in [9.17, 15) is 14.4 Å². The predicted octanol–water partition coefficient (Wildman–Crippen LogP) is 1.95. The summed E-state index contributed by atoms with van der Waals surface area (Å²) in [5.74, 6) is -1.54. The van der Waals surface area contributed by atoms with E-state index in [1.54, 1.807) is 24.3 Å². The van der Waals surface area contributed by atoms with E-state index >= 15 is 0 Å². The Labute approximate surface area is 127 Å². The fourth-order valence-electron chi connectivity index (χ4n) is 2.84. The molecule has 1 fully saturated rings. The second-order valence-electron chi connectivity index (χ2n) is 5.53. The van der Waals surface area contributed by atoms with Crippen molar-refractivity contribution < 1.29 is 24.0 Å². The lowest BCUT2D eigenvalue weighted by molar-refractivity contribution is -0.171. The first-order valence-electron chi connectivity index (χ1n) is 7.40. The number of rotatable bonds is 5. The molecular formula is C16H17NO5. The number of imide groups is 1. The maximum Gasteiger partial charge on any atom is 0.333 e. The Morgan fingerprint density at radius 2 is 1.77 bits per heavy atom. The molecule has 0 aromatic heterocycles. The largest absolute Gasteiger partial charge is 0.378 e. The minimum Gasteiger partial charge on any atom is -0.378 e. The number of benzene rings is 1. The smallest absolute Gasteiger partial charge is 0.333 e. The van der Waals surface area contributed by atoms with Crippen molar-refractivity contribution in [1.29, 1.82) is 0 Å². The first-order chi connectivity index (χ1) is 10.6. The number of carbonyl (C=O) groups excluding carboxylic acids is 3. The Kier molecular flexibility index (Phi) is 3.94. The van der Waals surface area contributed by atoms with E-state index in [0.717, 1.165) is 12.8 Å². The van der Waals surface area contributed by atoms with Gasteiger partial charge in [-0.05, 0) is 37.8 Å². The lowest BCUT2D eigenvalue weighted by atomic mass is 9.80. The zero-order valence-corrected chi connectivity index (χ0v) is 12.3. The molecule has 2 aliphatic rings. The molecule has 116 valence electrons. The molecule has 1 aromatic rings. The van der Waals surface area contributed by atoms with Gasteiger partial charge in [0.1, 0.15) is 0 Å². The van der Waals surface area contributed by atoms with Crippen molar-refractivity contribution in [2.24, 2.45) is 5.92 Å². The van der Waals surface area contributed by atoms with Crippen LogP contribution in [0.15, 0.2) is 24.3 Å². The molecule has 0 unspecified atom stereocenters. The Morgan fingerprint density at radius 1 is 1.18 bits per heavy atom. The lowest BCUT2D eigenvalue weighted by Crippen LogP contribution is -2.36. The maximum atomic E-state index is 12.1. The number of carbonyl (C=O) groups is 3. The molecular weight excluding hydrogens is 286 g/mol. The monoisotopic (exact) mass is 303 g/mol. The number of ether oxygens (including phenoxy) is 1. The Hall–Kier alpha value is -2.21. The SMILES string of the molecule is CCOC1CC(CC(=O)ON2C(=O)c3ccccc3C2=O)C1. The second-order valence-corrected chi connectivity index (χ2v) is 5.53. The molecule has 0 spiro atoms. The summed E-state index contributed by atoms with van der Waals surface area (Å²) in [5.41, 5.74) is 0.528. The van der Waals surface area contributed by atoms with Gasteiger partial charge in [-0.1, -0.05) is 17.2 Å². The first-order valence-corrected chi connectivity index (χ1v) is 7.40. The quantitative estimate of drug-likeness (QED) is 0.777. The van der Waals surface area contributed by atoms with Gasteiger partial charge in [-0.25, -0.2) is 4.79 Å². The van der Waals surface area contributed by atoms with Gasteiger partial charge in [0, 0.05) is 6.61 Å². The number of fused-ring (bicyclic) bond motifs is 1. The van der Waals surface area contributed by atoms with E-state index in [0.29, 0.717) is 11.7 Å². The van der Waals surface area contributed by atoms with Crippen LogP contribution in [0.4, 0.5) is 0 Å². The molecule has 6 heteroatoms. The summed E-state index contributed by atoms with van der Waals surface area (Å²) in [6, 6.07) is 6.42. The minimum absolute atomic E-state index is 0.191. The third-order valence-electron chi connectivity index (χ3n) is 4.00. The molecule has 0 saturated heterocycles. The maximum absolute atomic E-state index is 12.1. The van der Waals surface area contributed by atoms with Crippen molar-refractivity contribution in [3.8, 4) is 0 Å². The van der Waals surface area contributed by atoms with Gasteiger partial charge >= 0.3 is 5.97 Å². The van der Waals surface area contributed by atoms with E-state index in [4.69, 9.17) is 9.57 Å². The molecule has 0 radical (unpaired) electrons. The Morgan fingerprint density at radius 3 is 2.32 bits per heavy atom. The van der Waals surface area contributed by atoms with Gasteiger partial charge in [0.05, 0.1) is 23.7 Å². The van der Waals surface area contributed by atoms with Gasteiger partial charge in [0.15, 0.2) is 0 Å². The lowest BCUT2D eigenvalue weighted by Gasteiger charge is -2.34. The van der Waals surface area contributed by atoms with E-state index in [-0.39, 0.29) is 29.6 Å². The Bertz CT molecular complexity index is 586. The van der Waals surface area contributed by atoms with Crippen molar-refractivity contribution in [3.63, 3.8) is 0 Å². The van der Waals surface area contributed by atoms with E-state index in [2.05, 4.69) is 0 Å². The summed E-state index contributed by atoms with van der Waals surface area (Å²) in [5, 5.41) is 0.561. The van der Waals surface area contributed by atoms with E-state index < -0.39 is 17.8 Å². The molecule has 2 amide bonds. The summed E-state index contributed by atoms with van der Waals surface area (Å²) in [4.78, 5) is 41.0. The number of amides is 2. The van der Waals surface area contributed by atoms with Crippen LogP contribution in [0, 0.1) is 5.92 Å². The highest BCUT2D eigenvalue weighted by Gasteiger charge is 2.39. The van der Waals surface area contributed by atoms with Crippen molar-refractivity contribution >= 4 is 17.8 Å². The molecule has 1 heterocycles. The van der Waals surface area contributed by atoms with Crippen LogP contribution >= 0.6 is 0 Å². The van der Waals surface area contributed by atoms with Gasteiger partial charge in [0.25, 0.3) is 11.8 Å². The molecule has 0 N–H and O–H groups in total. The molecule has 1 aliphatic carbocycles. The Balaban J connectivity index is 1.55. The van der Waals surface area contributed by atoms with Crippen molar-refractivity contribution in [1.82, 2.24) is 5.06 Å². The van der Waals surface area contributed by atoms with Crippen LogP contribution in [-0.2, 0) is 14.4 Å². The topological polar surface area (TPSA) is 72.9 Å². The number of hydrogen-bond donors (Lipinski definition) is 0. The highest BCUT2D eigenvalue weighted by atomic mass is 16.7. The van der Waals surface area contributed by atoms with Gasteiger partial charge in [-0.2, -0.15) is 0 Å². The third kappa shape index (κ3) is 2.62. The standard InChI is InChI=1S/C16H17NO5/c1-2-21-11-7-10(8-11)9-14(18)22-17-15(19)12-5-3-4-6-13(12)16(17)20/h3-6,10-11H,2,7-9H2,1H3. The minimum atomic E-state index is -0.588. The summed E-state index contributed by atoms with van der Waals surface area (Å²) in [6.45, 7) is 2.60. The fourth-order valence-corrected chi connectivity index (χ4v) is 2.84. The molecule has 6 nitrogen and oxygen atoms in total. The van der Waals surface area contributed by atoms with Gasteiger partial charge in [0.2, 0.25) is 0 Å². The highest BCUT2D eigenvalue weighted by molar-refractivity contribution is 6.20. The zero-order chi connectivity index (χ0) is 15.7. The zero-order valence-electron chi connectivity index (χ0n) is 12.3. The molecule has 0 bridgehead atoms. The van der Waals surface area contributed by atoms with E-state index in [1.165, 1.54) is 0 Å². The van der Waals surface area contributed by atoms with Crippen molar-refractivity contribution in [2.45, 2.75) is 32.3 Å². The second kappa shape index (κ2) is 5.88. The number of hydroxylamine groups is 2.